The third-order valence-electron chi connectivity index (χ3n) is 2.51. The molecular formula is C11H12BrN3O2S2. The lowest BCUT2D eigenvalue weighted by molar-refractivity contribution is 0.581. The molecule has 1 aromatic heterocycles. The van der Waals surface area contributed by atoms with Crippen molar-refractivity contribution in [2.45, 2.75) is 18.4 Å². The van der Waals surface area contributed by atoms with Crippen LogP contribution in [-0.2, 0) is 16.6 Å². The summed E-state index contributed by atoms with van der Waals surface area (Å²) in [6, 6.07) is 4.59. The molecule has 3 N–H and O–H groups in total. The Kier molecular flexibility index (Phi) is 4.24. The highest BCUT2D eigenvalue weighted by Crippen LogP contribution is 2.24. The van der Waals surface area contributed by atoms with E-state index in [0.29, 0.717) is 10.2 Å². The number of nitrogens with two attached hydrogens (primary N) is 1. The number of aryl methyl sites for hydroxylation is 1. The number of sulfonamides is 1. The first kappa shape index (κ1) is 14.4. The average molecular weight is 362 g/mol. The largest absolute Gasteiger partial charge is 0.399 e. The second kappa shape index (κ2) is 5.58. The van der Waals surface area contributed by atoms with Crippen LogP contribution in [-0.4, -0.2) is 13.4 Å². The minimum atomic E-state index is -3.57. The van der Waals surface area contributed by atoms with E-state index in [9.17, 15) is 8.42 Å². The molecule has 0 aliphatic rings. The van der Waals surface area contributed by atoms with Crippen molar-refractivity contribution < 1.29 is 8.42 Å². The molecule has 0 bridgehead atoms. The van der Waals surface area contributed by atoms with Gasteiger partial charge in [-0.3, -0.25) is 0 Å². The van der Waals surface area contributed by atoms with E-state index in [1.54, 1.807) is 17.6 Å². The number of nitrogen functional groups attached to an aromatic ring is 1. The maximum absolute atomic E-state index is 12.2. The molecule has 19 heavy (non-hydrogen) atoms. The molecule has 1 heterocycles. The standard InChI is InChI=1S/C11H12BrN3O2S2/c1-7-10(18-6-14-7)5-15-19(16,17)11-3-2-8(13)4-9(11)12/h2-4,6,15H,5,13H2,1H3. The maximum Gasteiger partial charge on any atom is 0.242 e. The number of thiazole rings is 1. The summed E-state index contributed by atoms with van der Waals surface area (Å²) in [5, 5.41) is 0. The van der Waals surface area contributed by atoms with Gasteiger partial charge < -0.3 is 5.73 Å². The number of hydrogen-bond donors (Lipinski definition) is 2. The van der Waals surface area contributed by atoms with Gasteiger partial charge in [-0.1, -0.05) is 0 Å². The Morgan fingerprint density at radius 1 is 1.47 bits per heavy atom. The Hall–Kier alpha value is -0.960. The molecule has 102 valence electrons. The van der Waals surface area contributed by atoms with E-state index < -0.39 is 10.0 Å². The molecule has 0 radical (unpaired) electrons. The molecule has 0 amide bonds. The zero-order valence-electron chi connectivity index (χ0n) is 10.1. The van der Waals surface area contributed by atoms with Gasteiger partial charge in [0.1, 0.15) is 0 Å². The highest BCUT2D eigenvalue weighted by molar-refractivity contribution is 9.10. The first-order valence-corrected chi connectivity index (χ1v) is 8.49. The van der Waals surface area contributed by atoms with Crippen molar-refractivity contribution in [2.24, 2.45) is 0 Å². The Morgan fingerprint density at radius 3 is 2.79 bits per heavy atom. The van der Waals surface area contributed by atoms with E-state index >= 15 is 0 Å². The summed E-state index contributed by atoms with van der Waals surface area (Å²) in [6.07, 6.45) is 0. The van der Waals surface area contributed by atoms with Crippen molar-refractivity contribution in [3.63, 3.8) is 0 Å². The summed E-state index contributed by atoms with van der Waals surface area (Å²) < 4.78 is 27.3. The topological polar surface area (TPSA) is 85.1 Å². The summed E-state index contributed by atoms with van der Waals surface area (Å²) in [7, 11) is -3.57. The molecule has 5 nitrogen and oxygen atoms in total. The number of hydrogen-bond acceptors (Lipinski definition) is 5. The van der Waals surface area contributed by atoms with Crippen molar-refractivity contribution in [3.8, 4) is 0 Å². The second-order valence-electron chi connectivity index (χ2n) is 3.88. The molecule has 0 aliphatic carbocycles. The molecule has 0 unspecified atom stereocenters. The number of halogens is 1. The fraction of sp³-hybridized carbons (Fsp3) is 0.182. The highest BCUT2D eigenvalue weighted by atomic mass is 79.9. The van der Waals surface area contributed by atoms with Gasteiger partial charge in [0.25, 0.3) is 0 Å². The smallest absolute Gasteiger partial charge is 0.242 e. The Balaban J connectivity index is 2.21. The maximum atomic E-state index is 12.2. The normalized spacial score (nSPS) is 11.7. The SMILES string of the molecule is Cc1ncsc1CNS(=O)(=O)c1ccc(N)cc1Br. The Labute approximate surface area is 124 Å². The zero-order valence-corrected chi connectivity index (χ0v) is 13.3. The van der Waals surface area contributed by atoms with Crippen LogP contribution in [0.2, 0.25) is 0 Å². The Bertz CT molecular complexity index is 698. The highest BCUT2D eigenvalue weighted by Gasteiger charge is 2.18. The Morgan fingerprint density at radius 2 is 2.21 bits per heavy atom. The van der Waals surface area contributed by atoms with Gasteiger partial charge in [0.2, 0.25) is 10.0 Å². The molecule has 0 spiro atoms. The van der Waals surface area contributed by atoms with E-state index in [2.05, 4.69) is 25.6 Å². The van der Waals surface area contributed by atoms with Crippen LogP contribution in [0, 0.1) is 6.92 Å². The predicted octanol–water partition coefficient (Wildman–Crippen LogP) is 2.27. The van der Waals surface area contributed by atoms with Crippen molar-refractivity contribution in [1.82, 2.24) is 9.71 Å². The van der Waals surface area contributed by atoms with E-state index in [0.717, 1.165) is 10.6 Å². The molecule has 1 aromatic carbocycles. The summed E-state index contributed by atoms with van der Waals surface area (Å²) in [6.45, 7) is 2.08. The van der Waals surface area contributed by atoms with Crippen LogP contribution in [0.5, 0.6) is 0 Å². The number of benzene rings is 1. The lowest BCUT2D eigenvalue weighted by Gasteiger charge is -2.08. The lowest BCUT2D eigenvalue weighted by atomic mass is 10.3. The molecule has 2 rings (SSSR count). The summed E-state index contributed by atoms with van der Waals surface area (Å²) in [5.41, 5.74) is 8.62. The van der Waals surface area contributed by atoms with Crippen LogP contribution >= 0.6 is 27.3 Å². The van der Waals surface area contributed by atoms with Gasteiger partial charge in [-0.25, -0.2) is 18.1 Å². The third-order valence-corrected chi connectivity index (χ3v) is 5.83. The summed E-state index contributed by atoms with van der Waals surface area (Å²) in [4.78, 5) is 5.15. The molecule has 2 aromatic rings. The minimum Gasteiger partial charge on any atom is -0.399 e. The summed E-state index contributed by atoms with van der Waals surface area (Å²) in [5.74, 6) is 0. The van der Waals surface area contributed by atoms with Gasteiger partial charge >= 0.3 is 0 Å². The fourth-order valence-corrected chi connectivity index (χ4v) is 4.37. The van der Waals surface area contributed by atoms with Crippen LogP contribution < -0.4 is 10.5 Å². The number of nitrogens with zero attached hydrogens (tertiary/aromatic N) is 1. The molecular weight excluding hydrogens is 350 g/mol. The van der Waals surface area contributed by atoms with E-state index in [4.69, 9.17) is 5.73 Å². The molecule has 0 saturated carbocycles. The number of anilines is 1. The molecule has 0 fully saturated rings. The van der Waals surface area contributed by atoms with Gasteiger partial charge in [0, 0.05) is 21.6 Å². The second-order valence-corrected chi connectivity index (χ2v) is 7.40. The van der Waals surface area contributed by atoms with Crippen LogP contribution in [0.1, 0.15) is 10.6 Å². The van der Waals surface area contributed by atoms with Gasteiger partial charge in [0.15, 0.2) is 0 Å². The van der Waals surface area contributed by atoms with Crippen LogP contribution in [0.3, 0.4) is 0 Å². The van der Waals surface area contributed by atoms with Crippen LogP contribution in [0.15, 0.2) is 33.1 Å². The van der Waals surface area contributed by atoms with Crippen molar-refractivity contribution >= 4 is 43.0 Å². The monoisotopic (exact) mass is 361 g/mol. The summed E-state index contributed by atoms with van der Waals surface area (Å²) >= 11 is 4.63. The van der Waals surface area contributed by atoms with E-state index in [1.807, 2.05) is 6.92 Å². The number of rotatable bonds is 4. The average Bonchev–Trinajstić information content (AvgIpc) is 2.72. The zero-order chi connectivity index (χ0) is 14.0. The van der Waals surface area contributed by atoms with Gasteiger partial charge in [-0.2, -0.15) is 0 Å². The van der Waals surface area contributed by atoms with Gasteiger partial charge in [-0.05, 0) is 41.1 Å². The van der Waals surface area contributed by atoms with Crippen molar-refractivity contribution in [2.75, 3.05) is 5.73 Å². The number of aromatic nitrogens is 1. The molecule has 0 atom stereocenters. The first-order valence-electron chi connectivity index (χ1n) is 5.34. The quantitative estimate of drug-likeness (QED) is 0.818. The van der Waals surface area contributed by atoms with E-state index in [-0.39, 0.29) is 11.4 Å². The van der Waals surface area contributed by atoms with Crippen LogP contribution in [0.4, 0.5) is 5.69 Å². The van der Waals surface area contributed by atoms with Crippen molar-refractivity contribution in [1.29, 1.82) is 0 Å². The third kappa shape index (κ3) is 3.33. The molecule has 0 aliphatic heterocycles. The molecule has 8 heteroatoms. The predicted molar refractivity (Wildman–Crippen MR) is 79.4 cm³/mol. The van der Waals surface area contributed by atoms with Gasteiger partial charge in [0.05, 0.1) is 16.1 Å². The molecule has 0 saturated heterocycles. The van der Waals surface area contributed by atoms with Crippen LogP contribution in [0.25, 0.3) is 0 Å². The minimum absolute atomic E-state index is 0.170. The van der Waals surface area contributed by atoms with E-state index in [1.165, 1.54) is 17.4 Å². The fourth-order valence-electron chi connectivity index (χ4n) is 1.47. The number of nitrogens with one attached hydrogen (secondary N) is 1. The first-order chi connectivity index (χ1) is 8.90. The van der Waals surface area contributed by atoms with Crippen molar-refractivity contribution in [3.05, 3.63) is 38.8 Å². The van der Waals surface area contributed by atoms with Gasteiger partial charge in [-0.15, -0.1) is 11.3 Å². The lowest BCUT2D eigenvalue weighted by Crippen LogP contribution is -2.23.